The topological polar surface area (TPSA) is 66.3 Å². The molecule has 0 aliphatic rings. The number of rotatable bonds is 4. The minimum atomic E-state index is -0.549. The molecule has 3 aromatic rings. The van der Waals surface area contributed by atoms with Crippen molar-refractivity contribution in [2.75, 3.05) is 0 Å². The van der Waals surface area contributed by atoms with Crippen molar-refractivity contribution in [3.8, 4) is 0 Å². The smallest absolute Gasteiger partial charge is 0.253 e. The third-order valence-corrected chi connectivity index (χ3v) is 4.29. The van der Waals surface area contributed by atoms with Crippen LogP contribution < -0.4 is 5.56 Å². The zero-order valence-corrected chi connectivity index (χ0v) is 15.6. The van der Waals surface area contributed by atoms with Crippen molar-refractivity contribution >= 4 is 16.8 Å². The van der Waals surface area contributed by atoms with Gasteiger partial charge in [0.25, 0.3) is 5.56 Å². The Kier molecular flexibility index (Phi) is 4.72. The molecule has 0 saturated heterocycles. The lowest BCUT2D eigenvalue weighted by atomic mass is 9.94. The van der Waals surface area contributed by atoms with Gasteiger partial charge in [0.15, 0.2) is 0 Å². The summed E-state index contributed by atoms with van der Waals surface area (Å²) in [6.07, 6.45) is 1.58. The highest BCUT2D eigenvalue weighted by Crippen LogP contribution is 2.22. The Morgan fingerprint density at radius 1 is 1.15 bits per heavy atom. The molecular formula is C21H24N2O3. The Balaban J connectivity index is 1.97. The third kappa shape index (κ3) is 3.87. The number of benzene rings is 1. The molecule has 1 amide bonds. The fourth-order valence-corrected chi connectivity index (χ4v) is 2.96. The first-order chi connectivity index (χ1) is 12.2. The quantitative estimate of drug-likeness (QED) is 0.772. The van der Waals surface area contributed by atoms with E-state index in [0.717, 1.165) is 16.5 Å². The number of amides is 1. The number of carbonyl (C=O) groups excluding carboxylic acids is 1. The van der Waals surface area contributed by atoms with Crippen LogP contribution in [-0.4, -0.2) is 15.8 Å². The van der Waals surface area contributed by atoms with Gasteiger partial charge in [0, 0.05) is 16.5 Å². The molecule has 0 fully saturated rings. The standard InChI is InChI=1S/C21H24N2O3/c1-14-7-8-18-15(10-14)11-16(19(24)22-18)12-23(20(25)21(2,3)4)13-17-6-5-9-26-17/h5-11H,12-13H2,1-4H3,(H,22,24). The number of aromatic amines is 1. The summed E-state index contributed by atoms with van der Waals surface area (Å²) in [5, 5.41) is 0.959. The van der Waals surface area contributed by atoms with Crippen molar-refractivity contribution in [3.63, 3.8) is 0 Å². The third-order valence-electron chi connectivity index (χ3n) is 4.29. The van der Waals surface area contributed by atoms with Crippen LogP contribution in [0.4, 0.5) is 0 Å². The number of pyridine rings is 1. The van der Waals surface area contributed by atoms with E-state index < -0.39 is 5.41 Å². The number of hydrogen-bond donors (Lipinski definition) is 1. The number of aryl methyl sites for hydroxylation is 1. The Morgan fingerprint density at radius 3 is 2.58 bits per heavy atom. The Morgan fingerprint density at radius 2 is 1.92 bits per heavy atom. The Hall–Kier alpha value is -2.82. The van der Waals surface area contributed by atoms with Crippen LogP contribution in [0.5, 0.6) is 0 Å². The maximum atomic E-state index is 12.9. The Labute approximate surface area is 152 Å². The number of hydrogen-bond acceptors (Lipinski definition) is 3. The molecule has 5 heteroatoms. The van der Waals surface area contributed by atoms with Crippen LogP contribution in [0.2, 0.25) is 0 Å². The monoisotopic (exact) mass is 352 g/mol. The van der Waals surface area contributed by atoms with Gasteiger partial charge >= 0.3 is 0 Å². The summed E-state index contributed by atoms with van der Waals surface area (Å²) in [7, 11) is 0. The molecular weight excluding hydrogens is 328 g/mol. The molecule has 136 valence electrons. The zero-order valence-electron chi connectivity index (χ0n) is 15.6. The number of fused-ring (bicyclic) bond motifs is 1. The lowest BCUT2D eigenvalue weighted by Gasteiger charge is -2.28. The summed E-state index contributed by atoms with van der Waals surface area (Å²) in [5.74, 6) is 0.660. The van der Waals surface area contributed by atoms with E-state index in [1.165, 1.54) is 0 Å². The summed E-state index contributed by atoms with van der Waals surface area (Å²) in [6.45, 7) is 8.19. The fourth-order valence-electron chi connectivity index (χ4n) is 2.96. The maximum Gasteiger partial charge on any atom is 0.253 e. The predicted molar refractivity (Wildman–Crippen MR) is 102 cm³/mol. The summed E-state index contributed by atoms with van der Waals surface area (Å²) in [5.41, 5.74) is 1.75. The van der Waals surface area contributed by atoms with E-state index in [9.17, 15) is 9.59 Å². The van der Waals surface area contributed by atoms with E-state index in [0.29, 0.717) is 17.9 Å². The van der Waals surface area contributed by atoms with Gasteiger partial charge in [0.05, 0.1) is 19.4 Å². The molecule has 2 aromatic heterocycles. The highest BCUT2D eigenvalue weighted by Gasteiger charge is 2.28. The van der Waals surface area contributed by atoms with E-state index >= 15 is 0 Å². The molecule has 0 unspecified atom stereocenters. The molecule has 0 radical (unpaired) electrons. The molecule has 2 heterocycles. The summed E-state index contributed by atoms with van der Waals surface area (Å²) >= 11 is 0. The predicted octanol–water partition coefficient (Wildman–Crippen LogP) is 4.00. The second-order valence-electron chi connectivity index (χ2n) is 7.70. The van der Waals surface area contributed by atoms with Crippen molar-refractivity contribution in [3.05, 3.63) is 69.9 Å². The number of nitrogens with one attached hydrogen (secondary N) is 1. The first-order valence-corrected chi connectivity index (χ1v) is 8.68. The second kappa shape index (κ2) is 6.83. The number of furan rings is 1. The van der Waals surface area contributed by atoms with Gasteiger partial charge in [-0.25, -0.2) is 0 Å². The van der Waals surface area contributed by atoms with Crippen molar-refractivity contribution < 1.29 is 9.21 Å². The SMILES string of the molecule is Cc1ccc2[nH]c(=O)c(CN(Cc3ccco3)C(=O)C(C)(C)C)cc2c1. The maximum absolute atomic E-state index is 12.9. The van der Waals surface area contributed by atoms with Gasteiger partial charge in [0.2, 0.25) is 5.91 Å². The Bertz CT molecular complexity index is 979. The lowest BCUT2D eigenvalue weighted by molar-refractivity contribution is -0.141. The van der Waals surface area contributed by atoms with Gasteiger partial charge < -0.3 is 14.3 Å². The van der Waals surface area contributed by atoms with E-state index in [4.69, 9.17) is 4.42 Å². The zero-order chi connectivity index (χ0) is 18.9. The first kappa shape index (κ1) is 18.0. The van der Waals surface area contributed by atoms with E-state index in [1.807, 2.05) is 58.0 Å². The van der Waals surface area contributed by atoms with Gasteiger partial charge in [-0.1, -0.05) is 32.4 Å². The summed E-state index contributed by atoms with van der Waals surface area (Å²) < 4.78 is 5.40. The summed E-state index contributed by atoms with van der Waals surface area (Å²) in [4.78, 5) is 30.0. The van der Waals surface area contributed by atoms with E-state index in [-0.39, 0.29) is 18.0 Å². The molecule has 0 saturated carbocycles. The molecule has 1 N–H and O–H groups in total. The van der Waals surface area contributed by atoms with Crippen molar-refractivity contribution in [2.45, 2.75) is 40.8 Å². The largest absolute Gasteiger partial charge is 0.467 e. The fraction of sp³-hybridized carbons (Fsp3) is 0.333. The summed E-state index contributed by atoms with van der Waals surface area (Å²) in [6, 6.07) is 11.4. The van der Waals surface area contributed by atoms with Crippen molar-refractivity contribution in [1.82, 2.24) is 9.88 Å². The molecule has 3 rings (SSSR count). The van der Waals surface area contributed by atoms with Gasteiger partial charge in [-0.2, -0.15) is 0 Å². The molecule has 0 bridgehead atoms. The van der Waals surface area contributed by atoms with Crippen LogP contribution in [-0.2, 0) is 17.9 Å². The lowest BCUT2D eigenvalue weighted by Crippen LogP contribution is -2.39. The first-order valence-electron chi connectivity index (χ1n) is 8.68. The molecule has 1 aromatic carbocycles. The minimum Gasteiger partial charge on any atom is -0.467 e. The van der Waals surface area contributed by atoms with E-state index in [2.05, 4.69) is 4.98 Å². The molecule has 0 aliphatic heterocycles. The average molecular weight is 352 g/mol. The van der Waals surface area contributed by atoms with Crippen LogP contribution in [0.15, 0.2) is 51.9 Å². The molecule has 26 heavy (non-hydrogen) atoms. The highest BCUT2D eigenvalue weighted by molar-refractivity contribution is 5.82. The van der Waals surface area contributed by atoms with Crippen molar-refractivity contribution in [1.29, 1.82) is 0 Å². The van der Waals surface area contributed by atoms with Crippen LogP contribution in [0.3, 0.4) is 0 Å². The number of nitrogens with zero attached hydrogens (tertiary/aromatic N) is 1. The number of carbonyl (C=O) groups is 1. The number of H-pyrrole nitrogens is 1. The average Bonchev–Trinajstić information content (AvgIpc) is 3.06. The number of aromatic nitrogens is 1. The van der Waals surface area contributed by atoms with Gasteiger partial charge in [-0.15, -0.1) is 0 Å². The van der Waals surface area contributed by atoms with Crippen LogP contribution in [0.25, 0.3) is 10.9 Å². The van der Waals surface area contributed by atoms with Gasteiger partial charge in [-0.05, 0) is 42.6 Å². The van der Waals surface area contributed by atoms with Crippen LogP contribution >= 0.6 is 0 Å². The molecule has 0 aliphatic carbocycles. The normalized spacial score (nSPS) is 11.7. The second-order valence-corrected chi connectivity index (χ2v) is 7.70. The van der Waals surface area contributed by atoms with Gasteiger partial charge in [-0.3, -0.25) is 9.59 Å². The molecule has 0 spiro atoms. The highest BCUT2D eigenvalue weighted by atomic mass is 16.3. The van der Waals surface area contributed by atoms with Crippen molar-refractivity contribution in [2.24, 2.45) is 5.41 Å². The van der Waals surface area contributed by atoms with Gasteiger partial charge in [0.1, 0.15) is 5.76 Å². The van der Waals surface area contributed by atoms with Crippen LogP contribution in [0, 0.1) is 12.3 Å². The van der Waals surface area contributed by atoms with Crippen LogP contribution in [0.1, 0.15) is 37.7 Å². The minimum absolute atomic E-state index is 0.0300. The van der Waals surface area contributed by atoms with E-state index in [1.54, 1.807) is 17.2 Å². The molecule has 5 nitrogen and oxygen atoms in total. The molecule has 0 atom stereocenters.